The zero-order valence-corrected chi connectivity index (χ0v) is 8.88. The van der Waals surface area contributed by atoms with E-state index in [0.717, 1.165) is 0 Å². The molecule has 1 N–H and O–H groups in total. The van der Waals surface area contributed by atoms with E-state index >= 15 is 0 Å². The van der Waals surface area contributed by atoms with Gasteiger partial charge < -0.3 is 4.98 Å². The summed E-state index contributed by atoms with van der Waals surface area (Å²) in [4.78, 5) is 22.6. The van der Waals surface area contributed by atoms with E-state index in [1.165, 1.54) is 6.20 Å². The molecular weight excluding hydrogens is 208 g/mol. The van der Waals surface area contributed by atoms with Gasteiger partial charge in [0.15, 0.2) is 0 Å². The molecule has 1 heterocycles. The first-order valence-corrected chi connectivity index (χ1v) is 4.44. The Kier molecular flexibility index (Phi) is 4.86. The van der Waals surface area contributed by atoms with Gasteiger partial charge in [-0.25, -0.2) is 0 Å². The number of H-pyrrole nitrogens is 1. The molecule has 0 spiro atoms. The summed E-state index contributed by atoms with van der Waals surface area (Å²) in [5, 5.41) is 10.2. The van der Waals surface area contributed by atoms with Crippen molar-refractivity contribution in [1.29, 1.82) is 0 Å². The molecule has 1 aromatic heterocycles. The molecule has 0 aromatic carbocycles. The number of aromatic nitrogens is 1. The molecule has 0 unspecified atom stereocenters. The monoisotopic (exact) mass is 218 g/mol. The van der Waals surface area contributed by atoms with Crippen molar-refractivity contribution in [3.8, 4) is 0 Å². The summed E-state index contributed by atoms with van der Waals surface area (Å²) in [6, 6.07) is 0. The Morgan fingerprint density at radius 3 is 2.36 bits per heavy atom. The van der Waals surface area contributed by atoms with E-state index in [1.807, 2.05) is 13.8 Å². The summed E-state index contributed by atoms with van der Waals surface area (Å²) in [5.41, 5.74) is -0.907. The summed E-state index contributed by atoms with van der Waals surface area (Å²) in [6.45, 7) is 5.57. The molecule has 1 rings (SSSR count). The molecule has 0 amide bonds. The fraction of sp³-hybridized carbons (Fsp3) is 0.375. The molecule has 6 heteroatoms. The van der Waals surface area contributed by atoms with Gasteiger partial charge in [0, 0.05) is 6.20 Å². The van der Waals surface area contributed by atoms with Crippen LogP contribution in [0.5, 0.6) is 0 Å². The van der Waals surface area contributed by atoms with Crippen molar-refractivity contribution < 1.29 is 4.92 Å². The van der Waals surface area contributed by atoms with E-state index in [0.29, 0.717) is 5.56 Å². The molecule has 78 valence electrons. The number of hydrogen-bond donors (Lipinski definition) is 1. The lowest BCUT2D eigenvalue weighted by atomic mass is 10.3. The Morgan fingerprint density at radius 1 is 1.50 bits per heavy atom. The molecule has 14 heavy (non-hydrogen) atoms. The van der Waals surface area contributed by atoms with E-state index in [9.17, 15) is 14.9 Å². The first-order chi connectivity index (χ1) is 6.54. The Bertz CT molecular complexity index is 387. The second-order valence-electron chi connectivity index (χ2n) is 2.22. The van der Waals surface area contributed by atoms with Crippen molar-refractivity contribution in [2.75, 3.05) is 0 Å². The van der Waals surface area contributed by atoms with E-state index in [-0.39, 0.29) is 5.02 Å². The predicted molar refractivity (Wildman–Crippen MR) is 54.8 cm³/mol. The zero-order valence-electron chi connectivity index (χ0n) is 8.13. The molecular formula is C8H11ClN2O3. The number of nitrogens with one attached hydrogen (secondary N) is 1. The molecule has 0 aliphatic rings. The van der Waals surface area contributed by atoms with E-state index < -0.39 is 16.2 Å². The first-order valence-electron chi connectivity index (χ1n) is 4.06. The second-order valence-corrected chi connectivity index (χ2v) is 2.60. The Labute approximate surface area is 85.9 Å². The molecule has 5 nitrogen and oxygen atoms in total. The maximum absolute atomic E-state index is 10.9. The number of hydrogen-bond acceptors (Lipinski definition) is 3. The third-order valence-corrected chi connectivity index (χ3v) is 1.85. The second kappa shape index (κ2) is 5.39. The van der Waals surface area contributed by atoms with E-state index in [2.05, 4.69) is 4.98 Å². The van der Waals surface area contributed by atoms with Crippen molar-refractivity contribution in [3.05, 3.63) is 37.3 Å². The molecule has 0 saturated heterocycles. The Hall–Kier alpha value is -1.36. The lowest BCUT2D eigenvalue weighted by molar-refractivity contribution is -0.386. The van der Waals surface area contributed by atoms with Gasteiger partial charge in [0.1, 0.15) is 5.02 Å². The predicted octanol–water partition coefficient (Wildman–Crippen LogP) is 2.27. The largest absolute Gasteiger partial charge is 0.352 e. The highest BCUT2D eigenvalue weighted by Crippen LogP contribution is 2.21. The van der Waals surface area contributed by atoms with Gasteiger partial charge in [-0.2, -0.15) is 0 Å². The first kappa shape index (κ1) is 12.6. The van der Waals surface area contributed by atoms with Gasteiger partial charge in [-0.15, -0.1) is 0 Å². The highest BCUT2D eigenvalue weighted by molar-refractivity contribution is 6.33. The van der Waals surface area contributed by atoms with Crippen LogP contribution < -0.4 is 5.56 Å². The van der Waals surface area contributed by atoms with Gasteiger partial charge >= 0.3 is 11.2 Å². The molecule has 0 radical (unpaired) electrons. The van der Waals surface area contributed by atoms with Crippen molar-refractivity contribution >= 4 is 17.3 Å². The minimum Gasteiger partial charge on any atom is -0.323 e. The van der Waals surface area contributed by atoms with Crippen LogP contribution in [0.3, 0.4) is 0 Å². The summed E-state index contributed by atoms with van der Waals surface area (Å²) < 4.78 is 0. The SMILES string of the molecule is CC.Cc1c[nH]c(=O)c([N+](=O)[O-])c1Cl. The van der Waals surface area contributed by atoms with Crippen LogP contribution in [0.2, 0.25) is 5.02 Å². The van der Waals surface area contributed by atoms with Crippen LogP contribution in [-0.4, -0.2) is 9.91 Å². The van der Waals surface area contributed by atoms with Gasteiger partial charge in [0.25, 0.3) is 0 Å². The fourth-order valence-electron chi connectivity index (χ4n) is 0.755. The van der Waals surface area contributed by atoms with Crippen LogP contribution in [0.25, 0.3) is 0 Å². The van der Waals surface area contributed by atoms with E-state index in [4.69, 9.17) is 11.6 Å². The topological polar surface area (TPSA) is 76.0 Å². The van der Waals surface area contributed by atoms with Crippen LogP contribution >= 0.6 is 11.6 Å². The molecule has 0 atom stereocenters. The number of rotatable bonds is 1. The highest BCUT2D eigenvalue weighted by Gasteiger charge is 2.18. The maximum atomic E-state index is 10.9. The van der Waals surface area contributed by atoms with Gasteiger partial charge in [0.2, 0.25) is 0 Å². The van der Waals surface area contributed by atoms with Crippen molar-refractivity contribution in [2.24, 2.45) is 0 Å². The third-order valence-electron chi connectivity index (χ3n) is 1.37. The number of aryl methyl sites for hydroxylation is 1. The van der Waals surface area contributed by atoms with Crippen molar-refractivity contribution in [2.45, 2.75) is 20.8 Å². The number of aromatic amines is 1. The maximum Gasteiger partial charge on any atom is 0.352 e. The average molecular weight is 219 g/mol. The van der Waals surface area contributed by atoms with Crippen molar-refractivity contribution in [1.82, 2.24) is 4.98 Å². The zero-order chi connectivity index (χ0) is 11.3. The third kappa shape index (κ3) is 2.56. The van der Waals surface area contributed by atoms with Crippen LogP contribution in [-0.2, 0) is 0 Å². The molecule has 0 aliphatic heterocycles. The number of nitrogens with zero attached hydrogens (tertiary/aromatic N) is 1. The Balaban J connectivity index is 0.000000791. The molecule has 0 bridgehead atoms. The molecule has 0 saturated carbocycles. The van der Waals surface area contributed by atoms with Gasteiger partial charge in [-0.1, -0.05) is 25.4 Å². The van der Waals surface area contributed by atoms with Gasteiger partial charge in [-0.05, 0) is 12.5 Å². The van der Waals surface area contributed by atoms with Gasteiger partial charge in [-0.3, -0.25) is 14.9 Å². The lowest BCUT2D eigenvalue weighted by Crippen LogP contribution is -2.12. The number of pyridine rings is 1. The minimum absolute atomic E-state index is 0.108. The molecule has 0 fully saturated rings. The highest BCUT2D eigenvalue weighted by atomic mass is 35.5. The lowest BCUT2D eigenvalue weighted by Gasteiger charge is -1.96. The summed E-state index contributed by atoms with van der Waals surface area (Å²) in [6.07, 6.45) is 1.33. The average Bonchev–Trinajstić information content (AvgIpc) is 2.15. The summed E-state index contributed by atoms with van der Waals surface area (Å²) in [7, 11) is 0. The van der Waals surface area contributed by atoms with Crippen molar-refractivity contribution in [3.63, 3.8) is 0 Å². The smallest absolute Gasteiger partial charge is 0.323 e. The van der Waals surface area contributed by atoms with Crippen LogP contribution in [0.4, 0.5) is 5.69 Å². The quantitative estimate of drug-likeness (QED) is 0.580. The standard InChI is InChI=1S/C6H5ClN2O3.C2H6/c1-3-2-8-6(10)5(4(3)7)9(11)12;1-2/h2H,1H3,(H,8,10);1-2H3. The van der Waals surface area contributed by atoms with Crippen LogP contribution in [0, 0.1) is 17.0 Å². The minimum atomic E-state index is -0.797. The van der Waals surface area contributed by atoms with Gasteiger partial charge in [0.05, 0.1) is 4.92 Å². The Morgan fingerprint density at radius 2 is 2.00 bits per heavy atom. The fourth-order valence-corrected chi connectivity index (χ4v) is 0.964. The number of nitro groups is 1. The van der Waals surface area contributed by atoms with Crippen LogP contribution in [0.1, 0.15) is 19.4 Å². The number of halogens is 1. The molecule has 0 aliphatic carbocycles. The summed E-state index contributed by atoms with van der Waals surface area (Å²) >= 11 is 5.53. The normalized spacial score (nSPS) is 8.86. The van der Waals surface area contributed by atoms with E-state index in [1.54, 1.807) is 6.92 Å². The summed E-state index contributed by atoms with van der Waals surface area (Å²) in [5.74, 6) is 0. The molecule has 1 aromatic rings. The van der Waals surface area contributed by atoms with Crippen LogP contribution in [0.15, 0.2) is 11.0 Å².